The van der Waals surface area contributed by atoms with Gasteiger partial charge in [-0.3, -0.25) is 4.79 Å². The van der Waals surface area contributed by atoms with Gasteiger partial charge in [-0.15, -0.1) is 0 Å². The molecule has 1 atom stereocenters. The first kappa shape index (κ1) is 19.8. The number of benzene rings is 2. The molecule has 0 bridgehead atoms. The summed E-state index contributed by atoms with van der Waals surface area (Å²) in [4.78, 5) is 24.3. The minimum Gasteiger partial charge on any atom is -0.486 e. The number of carbonyl (C=O) groups excluding carboxylic acids is 2. The molecule has 0 saturated carbocycles. The van der Waals surface area contributed by atoms with E-state index < -0.39 is 18.0 Å². The number of fused-ring (bicyclic) bond motifs is 1. The zero-order valence-electron chi connectivity index (χ0n) is 15.5. The topological polar surface area (TPSA) is 73.9 Å². The molecule has 7 heteroatoms. The fourth-order valence-corrected chi connectivity index (χ4v) is 2.75. The van der Waals surface area contributed by atoms with Crippen LogP contribution in [0.5, 0.6) is 11.5 Å². The van der Waals surface area contributed by atoms with Crippen molar-refractivity contribution >= 4 is 35.2 Å². The molecule has 1 N–H and O–H groups in total. The number of carbonyl (C=O) groups is 2. The van der Waals surface area contributed by atoms with Crippen LogP contribution in [-0.2, 0) is 14.3 Å². The molecular weight excluding hydrogens is 382 g/mol. The minimum absolute atomic E-state index is 0.438. The van der Waals surface area contributed by atoms with Crippen molar-refractivity contribution in [2.75, 3.05) is 18.5 Å². The predicted octanol–water partition coefficient (Wildman–Crippen LogP) is 4.00. The summed E-state index contributed by atoms with van der Waals surface area (Å²) in [5.74, 6) is 0.241. The highest BCUT2D eigenvalue weighted by Crippen LogP contribution is 2.31. The number of hydrogen-bond donors (Lipinski definition) is 1. The van der Waals surface area contributed by atoms with E-state index in [1.807, 2.05) is 0 Å². The standard InChI is InChI=1S/C21H20ClNO5/c1-13-16(22)4-3-5-17(13)23-21(25)14(2)28-20(24)9-7-15-6-8-18-19(12-15)27-11-10-26-18/h3-9,12,14H,10-11H2,1-2H3,(H,23,25)/b9-7+. The van der Waals surface area contributed by atoms with E-state index in [-0.39, 0.29) is 0 Å². The third kappa shape index (κ3) is 4.84. The van der Waals surface area contributed by atoms with Crippen molar-refractivity contribution in [2.45, 2.75) is 20.0 Å². The molecule has 1 heterocycles. The highest BCUT2D eigenvalue weighted by molar-refractivity contribution is 6.31. The Kier molecular flexibility index (Phi) is 6.21. The second-order valence-electron chi connectivity index (χ2n) is 6.22. The molecule has 0 radical (unpaired) electrons. The minimum atomic E-state index is -0.962. The Labute approximate surface area is 168 Å². The summed E-state index contributed by atoms with van der Waals surface area (Å²) in [6, 6.07) is 10.6. The van der Waals surface area contributed by atoms with E-state index in [1.165, 1.54) is 13.0 Å². The first-order chi connectivity index (χ1) is 13.4. The van der Waals surface area contributed by atoms with E-state index >= 15 is 0 Å². The van der Waals surface area contributed by atoms with E-state index in [4.69, 9.17) is 25.8 Å². The molecule has 28 heavy (non-hydrogen) atoms. The van der Waals surface area contributed by atoms with Gasteiger partial charge < -0.3 is 19.5 Å². The molecule has 0 aromatic heterocycles. The maximum Gasteiger partial charge on any atom is 0.331 e. The first-order valence-electron chi connectivity index (χ1n) is 8.78. The molecule has 1 aliphatic rings. The quantitative estimate of drug-likeness (QED) is 0.605. The monoisotopic (exact) mass is 401 g/mol. The summed E-state index contributed by atoms with van der Waals surface area (Å²) >= 11 is 6.04. The molecule has 146 valence electrons. The second kappa shape index (κ2) is 8.80. The summed E-state index contributed by atoms with van der Waals surface area (Å²) in [6.07, 6.45) is 1.89. The predicted molar refractivity (Wildman–Crippen MR) is 107 cm³/mol. The van der Waals surface area contributed by atoms with Gasteiger partial charge in [0.25, 0.3) is 5.91 Å². The van der Waals surface area contributed by atoms with Crippen LogP contribution in [0.1, 0.15) is 18.1 Å². The summed E-state index contributed by atoms with van der Waals surface area (Å²) in [6.45, 7) is 4.31. The third-order valence-electron chi connectivity index (χ3n) is 4.17. The Morgan fingerprint density at radius 3 is 2.71 bits per heavy atom. The van der Waals surface area contributed by atoms with E-state index in [1.54, 1.807) is 49.4 Å². The number of ether oxygens (including phenoxy) is 3. The van der Waals surface area contributed by atoms with Gasteiger partial charge in [-0.1, -0.05) is 23.7 Å². The van der Waals surface area contributed by atoms with Gasteiger partial charge in [0.1, 0.15) is 13.2 Å². The fourth-order valence-electron chi connectivity index (χ4n) is 2.57. The van der Waals surface area contributed by atoms with Gasteiger partial charge >= 0.3 is 5.97 Å². The number of esters is 1. The molecule has 1 amide bonds. The van der Waals surface area contributed by atoms with Crippen LogP contribution >= 0.6 is 11.6 Å². The Hall–Kier alpha value is -2.99. The van der Waals surface area contributed by atoms with Gasteiger partial charge in [-0.25, -0.2) is 4.79 Å². The van der Waals surface area contributed by atoms with Crippen molar-refractivity contribution in [3.05, 3.63) is 58.6 Å². The van der Waals surface area contributed by atoms with Crippen molar-refractivity contribution in [2.24, 2.45) is 0 Å². The highest BCUT2D eigenvalue weighted by Gasteiger charge is 2.18. The average Bonchev–Trinajstić information content (AvgIpc) is 2.69. The van der Waals surface area contributed by atoms with Crippen LogP contribution in [0, 0.1) is 6.92 Å². The van der Waals surface area contributed by atoms with Crippen LogP contribution in [0.4, 0.5) is 5.69 Å². The third-order valence-corrected chi connectivity index (χ3v) is 4.58. The number of rotatable bonds is 5. The lowest BCUT2D eigenvalue weighted by Gasteiger charge is -2.18. The lowest BCUT2D eigenvalue weighted by molar-refractivity contribution is -0.148. The summed E-state index contributed by atoms with van der Waals surface area (Å²) in [7, 11) is 0. The van der Waals surface area contributed by atoms with Gasteiger partial charge in [0, 0.05) is 16.8 Å². The van der Waals surface area contributed by atoms with Crippen molar-refractivity contribution < 1.29 is 23.8 Å². The smallest absolute Gasteiger partial charge is 0.331 e. The van der Waals surface area contributed by atoms with Crippen molar-refractivity contribution in [1.29, 1.82) is 0 Å². The Morgan fingerprint density at radius 2 is 1.93 bits per heavy atom. The number of halogens is 1. The summed E-state index contributed by atoms with van der Waals surface area (Å²) < 4.78 is 16.1. The average molecular weight is 402 g/mol. The molecule has 6 nitrogen and oxygen atoms in total. The van der Waals surface area contributed by atoms with Gasteiger partial charge in [0.05, 0.1) is 0 Å². The number of hydrogen-bond acceptors (Lipinski definition) is 5. The van der Waals surface area contributed by atoms with E-state index in [9.17, 15) is 9.59 Å². The van der Waals surface area contributed by atoms with Crippen molar-refractivity contribution in [1.82, 2.24) is 0 Å². The van der Waals surface area contributed by atoms with Gasteiger partial charge in [-0.05, 0) is 55.3 Å². The number of anilines is 1. The maximum absolute atomic E-state index is 12.3. The van der Waals surface area contributed by atoms with Gasteiger partial charge in [-0.2, -0.15) is 0 Å². The Balaban J connectivity index is 1.57. The van der Waals surface area contributed by atoms with Crippen LogP contribution < -0.4 is 14.8 Å². The van der Waals surface area contributed by atoms with Crippen LogP contribution in [0.15, 0.2) is 42.5 Å². The molecule has 2 aromatic rings. The van der Waals surface area contributed by atoms with Crippen LogP contribution in [0.3, 0.4) is 0 Å². The molecule has 1 unspecified atom stereocenters. The normalized spacial score (nSPS) is 13.8. The Morgan fingerprint density at radius 1 is 1.18 bits per heavy atom. The zero-order chi connectivity index (χ0) is 20.1. The molecule has 0 saturated heterocycles. The van der Waals surface area contributed by atoms with Gasteiger partial charge in [0.15, 0.2) is 17.6 Å². The molecule has 0 spiro atoms. The molecular formula is C21H20ClNO5. The molecule has 2 aromatic carbocycles. The summed E-state index contributed by atoms with van der Waals surface area (Å²) in [5.41, 5.74) is 2.08. The van der Waals surface area contributed by atoms with E-state index in [0.717, 1.165) is 11.1 Å². The van der Waals surface area contributed by atoms with Gasteiger partial charge in [0.2, 0.25) is 0 Å². The summed E-state index contributed by atoms with van der Waals surface area (Å²) in [5, 5.41) is 3.26. The fraction of sp³-hybridized carbons (Fsp3) is 0.238. The molecule has 0 aliphatic carbocycles. The molecule has 0 fully saturated rings. The highest BCUT2D eigenvalue weighted by atomic mass is 35.5. The number of amides is 1. The van der Waals surface area contributed by atoms with Crippen LogP contribution in [-0.4, -0.2) is 31.2 Å². The maximum atomic E-state index is 12.3. The first-order valence-corrected chi connectivity index (χ1v) is 9.16. The SMILES string of the molecule is Cc1c(Cl)cccc1NC(=O)C(C)OC(=O)/C=C/c1ccc2c(c1)OCCO2. The van der Waals surface area contributed by atoms with E-state index in [2.05, 4.69) is 5.32 Å². The van der Waals surface area contributed by atoms with Crippen LogP contribution in [0.2, 0.25) is 5.02 Å². The molecule has 1 aliphatic heterocycles. The van der Waals surface area contributed by atoms with Crippen LogP contribution in [0.25, 0.3) is 6.08 Å². The lowest BCUT2D eigenvalue weighted by atomic mass is 10.2. The second-order valence-corrected chi connectivity index (χ2v) is 6.62. The number of nitrogens with one attached hydrogen (secondary N) is 1. The van der Waals surface area contributed by atoms with E-state index in [0.29, 0.717) is 35.4 Å². The largest absolute Gasteiger partial charge is 0.486 e. The van der Waals surface area contributed by atoms with Crippen molar-refractivity contribution in [3.63, 3.8) is 0 Å². The lowest BCUT2D eigenvalue weighted by Crippen LogP contribution is -2.29. The zero-order valence-corrected chi connectivity index (χ0v) is 16.3. The molecule has 3 rings (SSSR count). The van der Waals surface area contributed by atoms with Crippen molar-refractivity contribution in [3.8, 4) is 11.5 Å². The Bertz CT molecular complexity index is 925.